The minimum absolute atomic E-state index is 0.980. The molecule has 6 unspecified atom stereocenters. The van der Waals surface area contributed by atoms with Crippen LogP contribution in [0.1, 0.15) is 108 Å². The summed E-state index contributed by atoms with van der Waals surface area (Å²) in [7, 11) is 0. The van der Waals surface area contributed by atoms with Gasteiger partial charge in [-0.1, -0.05) is 82.1 Å². The second-order valence-electron chi connectivity index (χ2n) is 7.06. The minimum Gasteiger partial charge on any atom is -0.0683 e. The summed E-state index contributed by atoms with van der Waals surface area (Å²) in [4.78, 5) is 0. The van der Waals surface area contributed by atoms with Crippen LogP contribution in [0.4, 0.5) is 0 Å². The van der Waals surface area contributed by atoms with E-state index in [0.717, 1.165) is 35.5 Å². The Labute approximate surface area is 143 Å². The van der Waals surface area contributed by atoms with E-state index in [2.05, 4.69) is 27.7 Å². The van der Waals surface area contributed by atoms with Crippen LogP contribution in [-0.4, -0.2) is 0 Å². The summed E-state index contributed by atoms with van der Waals surface area (Å²) >= 11 is 0. The molecule has 0 saturated heterocycles. The zero-order valence-corrected chi connectivity index (χ0v) is 17.7. The van der Waals surface area contributed by atoms with E-state index < -0.39 is 0 Å². The average Bonchev–Trinajstić information content (AvgIpc) is 2.58. The highest BCUT2D eigenvalue weighted by atomic mass is 14.4. The van der Waals surface area contributed by atoms with Crippen molar-refractivity contribution >= 4 is 0 Å². The Morgan fingerprint density at radius 1 is 0.409 bits per heavy atom. The van der Waals surface area contributed by atoms with Crippen LogP contribution in [0.3, 0.4) is 0 Å². The highest BCUT2D eigenvalue weighted by molar-refractivity contribution is 4.84. The van der Waals surface area contributed by atoms with Gasteiger partial charge in [-0.2, -0.15) is 0 Å². The van der Waals surface area contributed by atoms with E-state index in [0.29, 0.717) is 0 Å². The Morgan fingerprint density at radius 2 is 0.682 bits per heavy atom. The van der Waals surface area contributed by atoms with Gasteiger partial charge in [0.15, 0.2) is 0 Å². The van der Waals surface area contributed by atoms with Crippen LogP contribution < -0.4 is 0 Å². The van der Waals surface area contributed by atoms with Gasteiger partial charge in [0, 0.05) is 0 Å². The van der Waals surface area contributed by atoms with Crippen LogP contribution in [0.25, 0.3) is 0 Å². The van der Waals surface area contributed by atoms with E-state index in [-0.39, 0.29) is 0 Å². The van der Waals surface area contributed by atoms with Gasteiger partial charge in [-0.3, -0.25) is 0 Å². The van der Waals surface area contributed by atoms with E-state index in [4.69, 9.17) is 0 Å². The molecule has 2 aliphatic carbocycles. The first-order valence-electron chi connectivity index (χ1n) is 10.6. The fraction of sp³-hybridized carbons (Fsp3) is 1.00. The molecule has 0 N–H and O–H groups in total. The van der Waals surface area contributed by atoms with Gasteiger partial charge in [-0.25, -0.2) is 0 Å². The lowest BCUT2D eigenvalue weighted by atomic mass is 9.64. The molecule has 6 atom stereocenters. The molecule has 2 saturated carbocycles. The standard InChI is InChI=1S/C16H30.3C2H6/c1-11-5-7-15(9-13(11)3)16-8-6-12(2)14(4)10-16;3*1-2/h11-16H,5-10H2,1-4H3;3*1-2H3. The van der Waals surface area contributed by atoms with E-state index in [9.17, 15) is 0 Å². The van der Waals surface area contributed by atoms with Crippen molar-refractivity contribution in [2.45, 2.75) is 108 Å². The van der Waals surface area contributed by atoms with Crippen molar-refractivity contribution < 1.29 is 0 Å². The quantitative estimate of drug-likeness (QED) is 0.457. The molecule has 2 fully saturated rings. The van der Waals surface area contributed by atoms with Crippen molar-refractivity contribution in [3.8, 4) is 0 Å². The fourth-order valence-corrected chi connectivity index (χ4v) is 4.03. The van der Waals surface area contributed by atoms with Crippen LogP contribution >= 0.6 is 0 Å². The summed E-state index contributed by atoms with van der Waals surface area (Å²) in [5.41, 5.74) is 0. The second kappa shape index (κ2) is 14.6. The zero-order chi connectivity index (χ0) is 17.7. The Balaban J connectivity index is 0. The molecule has 0 radical (unpaired) electrons. The Kier molecular flexibility index (Phi) is 16.1. The van der Waals surface area contributed by atoms with E-state index in [1.54, 1.807) is 0 Å². The molecule has 0 aliphatic heterocycles. The molecule has 0 spiro atoms. The van der Waals surface area contributed by atoms with Crippen LogP contribution in [-0.2, 0) is 0 Å². The monoisotopic (exact) mass is 312 g/mol. The predicted octanol–water partition coefficient (Wildman–Crippen LogP) is 8.21. The molecule has 2 rings (SSSR count). The number of hydrogen-bond donors (Lipinski definition) is 0. The van der Waals surface area contributed by atoms with Crippen molar-refractivity contribution in [2.24, 2.45) is 35.5 Å². The predicted molar refractivity (Wildman–Crippen MR) is 105 cm³/mol. The molecule has 136 valence electrons. The lowest BCUT2D eigenvalue weighted by Crippen LogP contribution is -2.31. The fourth-order valence-electron chi connectivity index (χ4n) is 4.03. The topological polar surface area (TPSA) is 0 Å². The largest absolute Gasteiger partial charge is 0.0683 e. The molecular formula is C22H48. The molecule has 2 aliphatic rings. The third-order valence-corrected chi connectivity index (χ3v) is 5.94. The molecule has 0 aromatic carbocycles. The van der Waals surface area contributed by atoms with Crippen molar-refractivity contribution in [1.29, 1.82) is 0 Å². The smallest absolute Gasteiger partial charge is 0.0383 e. The van der Waals surface area contributed by atoms with Crippen LogP contribution in [0, 0.1) is 35.5 Å². The van der Waals surface area contributed by atoms with Gasteiger partial charge in [-0.15, -0.1) is 0 Å². The Hall–Kier alpha value is 0. The van der Waals surface area contributed by atoms with Gasteiger partial charge in [0.25, 0.3) is 0 Å². The van der Waals surface area contributed by atoms with Gasteiger partial charge in [-0.05, 0) is 61.2 Å². The Bertz CT molecular complexity index is 196. The molecule has 0 bridgehead atoms. The second-order valence-corrected chi connectivity index (χ2v) is 7.06. The Morgan fingerprint density at radius 3 is 0.909 bits per heavy atom. The van der Waals surface area contributed by atoms with Crippen LogP contribution in [0.2, 0.25) is 0 Å². The van der Waals surface area contributed by atoms with Gasteiger partial charge in [0.1, 0.15) is 0 Å². The molecule has 0 heterocycles. The lowest BCUT2D eigenvalue weighted by Gasteiger charge is -2.41. The van der Waals surface area contributed by atoms with Gasteiger partial charge in [0.05, 0.1) is 0 Å². The molecular weight excluding hydrogens is 264 g/mol. The summed E-state index contributed by atoms with van der Waals surface area (Å²) in [6.07, 6.45) is 9.08. The van der Waals surface area contributed by atoms with Crippen LogP contribution in [0.5, 0.6) is 0 Å². The third kappa shape index (κ3) is 8.02. The first-order valence-corrected chi connectivity index (χ1v) is 10.6. The zero-order valence-electron chi connectivity index (χ0n) is 17.7. The van der Waals surface area contributed by atoms with E-state index in [1.165, 1.54) is 38.5 Å². The van der Waals surface area contributed by atoms with E-state index >= 15 is 0 Å². The maximum atomic E-state index is 2.48. The van der Waals surface area contributed by atoms with Crippen molar-refractivity contribution in [3.63, 3.8) is 0 Å². The lowest BCUT2D eigenvalue weighted by molar-refractivity contribution is 0.0956. The maximum Gasteiger partial charge on any atom is -0.0383 e. The highest BCUT2D eigenvalue weighted by Gasteiger charge is 2.33. The summed E-state index contributed by atoms with van der Waals surface area (Å²) in [5.74, 6) is 6.07. The summed E-state index contributed by atoms with van der Waals surface area (Å²) in [5, 5.41) is 0. The molecule has 0 nitrogen and oxygen atoms in total. The normalized spacial score (nSPS) is 37.4. The van der Waals surface area contributed by atoms with Crippen molar-refractivity contribution in [1.82, 2.24) is 0 Å². The first-order chi connectivity index (χ1) is 10.6. The molecule has 0 aromatic heterocycles. The number of rotatable bonds is 1. The molecule has 0 heteroatoms. The van der Waals surface area contributed by atoms with Crippen LogP contribution in [0.15, 0.2) is 0 Å². The third-order valence-electron chi connectivity index (χ3n) is 5.94. The average molecular weight is 313 g/mol. The first kappa shape index (κ1) is 24.3. The van der Waals surface area contributed by atoms with Gasteiger partial charge < -0.3 is 0 Å². The molecule has 0 aromatic rings. The van der Waals surface area contributed by atoms with E-state index in [1.807, 2.05) is 41.5 Å². The molecule has 0 amide bonds. The summed E-state index contributed by atoms with van der Waals surface area (Å²) < 4.78 is 0. The van der Waals surface area contributed by atoms with Crippen molar-refractivity contribution in [3.05, 3.63) is 0 Å². The summed E-state index contributed by atoms with van der Waals surface area (Å²) in [6.45, 7) is 21.9. The maximum absolute atomic E-state index is 2.48. The van der Waals surface area contributed by atoms with Gasteiger partial charge >= 0.3 is 0 Å². The minimum atomic E-state index is 0.980. The highest BCUT2D eigenvalue weighted by Crippen LogP contribution is 2.44. The summed E-state index contributed by atoms with van der Waals surface area (Å²) in [6, 6.07) is 0. The van der Waals surface area contributed by atoms with Crippen molar-refractivity contribution in [2.75, 3.05) is 0 Å². The number of hydrogen-bond acceptors (Lipinski definition) is 0. The van der Waals surface area contributed by atoms with Gasteiger partial charge in [0.2, 0.25) is 0 Å². The SMILES string of the molecule is CC.CC.CC.CC1CCC(C2CCC(C)C(C)C2)CC1C. The molecule has 22 heavy (non-hydrogen) atoms.